The Balaban J connectivity index is 1.17. The second kappa shape index (κ2) is 12.8. The Morgan fingerprint density at radius 2 is 1.94 bits per heavy atom. The maximum atomic E-state index is 17.2. The highest BCUT2D eigenvalue weighted by atomic mass is 35.5. The number of halogens is 3. The SMILES string of the molecule is Cc1nc2c(F)c(-c3cccc(Cl)c3Cl)c(CCC#N)cc2c2c1cc(C1CC(n3cc(C4CCCC4)nn3)CN1C(=O)C1CC1)n2C1C2CNC1C2. The van der Waals surface area contributed by atoms with E-state index in [9.17, 15) is 10.1 Å². The number of rotatable bonds is 8. The number of fused-ring (bicyclic) bond motifs is 4. The van der Waals surface area contributed by atoms with E-state index in [0.29, 0.717) is 57.9 Å². The normalized spacial score (nSPS) is 25.5. The average Bonchev–Trinajstić information content (AvgIpc) is 3.83. The molecule has 5 aromatic rings. The van der Waals surface area contributed by atoms with Crippen molar-refractivity contribution in [3.8, 4) is 17.2 Å². The Morgan fingerprint density at radius 3 is 2.68 bits per heavy atom. The second-order valence-electron chi connectivity index (χ2n) is 16.1. The molecule has 9 nitrogen and oxygen atoms in total. The Morgan fingerprint density at radius 1 is 1.11 bits per heavy atom. The van der Waals surface area contributed by atoms with E-state index in [0.717, 1.165) is 73.1 Å². The van der Waals surface area contributed by atoms with Gasteiger partial charge in [-0.05, 0) is 81.5 Å². The Bertz CT molecular complexity index is 2340. The lowest BCUT2D eigenvalue weighted by Gasteiger charge is -2.39. The van der Waals surface area contributed by atoms with Crippen molar-refractivity contribution in [2.75, 3.05) is 13.1 Å². The van der Waals surface area contributed by atoms with Crippen LogP contribution >= 0.6 is 23.2 Å². The van der Waals surface area contributed by atoms with Crippen LogP contribution < -0.4 is 5.32 Å². The molecule has 12 heteroatoms. The van der Waals surface area contributed by atoms with E-state index in [1.54, 1.807) is 18.2 Å². The molecule has 3 aliphatic carbocycles. The summed E-state index contributed by atoms with van der Waals surface area (Å²) in [5, 5.41) is 24.9. The van der Waals surface area contributed by atoms with Crippen LogP contribution in [0.25, 0.3) is 32.9 Å². The van der Waals surface area contributed by atoms with Crippen LogP contribution in [0.5, 0.6) is 0 Å². The minimum atomic E-state index is -0.468. The van der Waals surface area contributed by atoms with Gasteiger partial charge in [0.1, 0.15) is 5.52 Å². The van der Waals surface area contributed by atoms with Gasteiger partial charge in [-0.1, -0.05) is 53.4 Å². The number of nitrogens with one attached hydrogen (secondary N) is 1. The lowest BCUT2D eigenvalue weighted by Crippen LogP contribution is -2.41. The van der Waals surface area contributed by atoms with Crippen LogP contribution in [0.3, 0.4) is 0 Å². The van der Waals surface area contributed by atoms with Gasteiger partial charge < -0.3 is 14.8 Å². The van der Waals surface area contributed by atoms with E-state index in [1.807, 2.05) is 17.7 Å². The largest absolute Gasteiger partial charge is 0.337 e. The second-order valence-corrected chi connectivity index (χ2v) is 16.8. The van der Waals surface area contributed by atoms with E-state index >= 15 is 4.39 Å². The molecule has 1 N–H and O–H groups in total. The maximum Gasteiger partial charge on any atom is 0.226 e. The van der Waals surface area contributed by atoms with Gasteiger partial charge in [0.2, 0.25) is 5.91 Å². The average molecular weight is 752 g/mol. The molecule has 5 atom stereocenters. The van der Waals surface area contributed by atoms with Gasteiger partial charge >= 0.3 is 0 Å². The van der Waals surface area contributed by atoms with Crippen LogP contribution in [-0.2, 0) is 11.2 Å². The van der Waals surface area contributed by atoms with Crippen LogP contribution in [0.1, 0.15) is 104 Å². The number of carbonyl (C=O) groups is 1. The first-order valence-corrected chi connectivity index (χ1v) is 20.0. The van der Waals surface area contributed by atoms with E-state index in [2.05, 4.69) is 43.4 Å². The smallest absolute Gasteiger partial charge is 0.226 e. The summed E-state index contributed by atoms with van der Waals surface area (Å²) in [5.41, 5.74) is 5.59. The van der Waals surface area contributed by atoms with Crippen molar-refractivity contribution >= 4 is 50.9 Å². The summed E-state index contributed by atoms with van der Waals surface area (Å²) in [6.07, 6.45) is 11.1. The molecular formula is C41H41Cl2FN8O. The van der Waals surface area contributed by atoms with Crippen LogP contribution in [0, 0.1) is 35.9 Å². The lowest BCUT2D eigenvalue weighted by molar-refractivity contribution is -0.133. The number of nitrogens with zero attached hydrogens (tertiary/aromatic N) is 7. The number of aromatic nitrogens is 5. The summed E-state index contributed by atoms with van der Waals surface area (Å²) in [5.74, 6) is 0.710. The Kier molecular flexibility index (Phi) is 8.09. The summed E-state index contributed by atoms with van der Waals surface area (Å²) in [4.78, 5) is 21.2. The summed E-state index contributed by atoms with van der Waals surface area (Å²) >= 11 is 13.1. The van der Waals surface area contributed by atoms with Gasteiger partial charge in [0.25, 0.3) is 0 Å². The first-order valence-electron chi connectivity index (χ1n) is 19.2. The van der Waals surface area contributed by atoms with E-state index in [4.69, 9.17) is 28.2 Å². The number of pyridine rings is 1. The maximum absolute atomic E-state index is 17.2. The molecule has 3 saturated heterocycles. The van der Waals surface area contributed by atoms with Gasteiger partial charge in [0.05, 0.1) is 45.5 Å². The fourth-order valence-corrected chi connectivity index (χ4v) is 10.5. The summed E-state index contributed by atoms with van der Waals surface area (Å²) in [6.45, 7) is 3.46. The molecule has 3 aromatic heterocycles. The highest BCUT2D eigenvalue weighted by Gasteiger charge is 2.51. The Hall–Kier alpha value is -4.04. The summed E-state index contributed by atoms with van der Waals surface area (Å²) in [6, 6.07) is 12.0. The minimum Gasteiger partial charge on any atom is -0.337 e. The van der Waals surface area contributed by atoms with Crippen molar-refractivity contribution in [2.45, 2.75) is 101 Å². The zero-order chi connectivity index (χ0) is 36.1. The number of nitriles is 1. The molecule has 11 rings (SSSR count). The fourth-order valence-electron chi connectivity index (χ4n) is 10.1. The number of hydrogen-bond acceptors (Lipinski definition) is 6. The highest BCUT2D eigenvalue weighted by molar-refractivity contribution is 6.43. The van der Waals surface area contributed by atoms with Gasteiger partial charge in [-0.25, -0.2) is 14.1 Å². The third kappa shape index (κ3) is 5.32. The summed E-state index contributed by atoms with van der Waals surface area (Å²) in [7, 11) is 0. The molecule has 272 valence electrons. The zero-order valence-corrected chi connectivity index (χ0v) is 31.2. The molecule has 6 aliphatic rings. The molecule has 0 spiro atoms. The number of likely N-dealkylation sites (tertiary alicyclic amines) is 1. The van der Waals surface area contributed by atoms with Crippen molar-refractivity contribution in [3.05, 3.63) is 75.0 Å². The topological polar surface area (TPSA) is 105 Å². The van der Waals surface area contributed by atoms with Gasteiger partial charge in [0, 0.05) is 76.9 Å². The van der Waals surface area contributed by atoms with Crippen LogP contribution in [0.2, 0.25) is 10.0 Å². The molecular weight excluding hydrogens is 710 g/mol. The molecule has 6 fully saturated rings. The van der Waals surface area contributed by atoms with Gasteiger partial charge in [0.15, 0.2) is 5.82 Å². The van der Waals surface area contributed by atoms with E-state index < -0.39 is 5.82 Å². The van der Waals surface area contributed by atoms with Crippen molar-refractivity contribution in [3.63, 3.8) is 0 Å². The first kappa shape index (κ1) is 33.5. The molecule has 3 aliphatic heterocycles. The lowest BCUT2D eigenvalue weighted by atomic mass is 9.79. The Labute approximate surface area is 317 Å². The molecule has 1 amide bonds. The highest BCUT2D eigenvalue weighted by Crippen LogP contribution is 2.52. The number of aryl methyl sites for hydroxylation is 2. The predicted octanol–water partition coefficient (Wildman–Crippen LogP) is 8.77. The fraction of sp³-hybridized carbons (Fsp3) is 0.488. The van der Waals surface area contributed by atoms with Crippen molar-refractivity contribution in [1.29, 1.82) is 5.26 Å². The van der Waals surface area contributed by atoms with Gasteiger partial charge in [-0.2, -0.15) is 5.26 Å². The number of amides is 1. The van der Waals surface area contributed by atoms with Gasteiger partial charge in [-0.3, -0.25) is 4.79 Å². The van der Waals surface area contributed by atoms with Crippen molar-refractivity contribution in [1.82, 2.24) is 34.8 Å². The van der Waals surface area contributed by atoms with Crippen LogP contribution in [0.15, 0.2) is 36.5 Å². The number of benzene rings is 2. The first-order chi connectivity index (χ1) is 25.8. The van der Waals surface area contributed by atoms with Crippen molar-refractivity contribution in [2.24, 2.45) is 11.8 Å². The minimum absolute atomic E-state index is 0.00375. The molecule has 0 radical (unpaired) electrons. The molecule has 5 unspecified atom stereocenters. The van der Waals surface area contributed by atoms with Crippen molar-refractivity contribution < 1.29 is 9.18 Å². The molecule has 2 aromatic carbocycles. The van der Waals surface area contributed by atoms with Gasteiger partial charge in [-0.15, -0.1) is 5.10 Å². The third-order valence-electron chi connectivity index (χ3n) is 12.9. The number of carbonyl (C=O) groups excluding carboxylic acids is 1. The zero-order valence-electron chi connectivity index (χ0n) is 29.7. The quantitative estimate of drug-likeness (QED) is 0.170. The standard InChI is InChI=1S/C41H41Cl2FN8O/c1-21-28-17-34(33-16-26(19-50(33)41(53)23-11-12-23)51-20-32(48-49-51)22-6-2-3-7-22)52(39-25-15-31(39)46-18-25)40(28)29-14-24(8-5-13-45)35(37(44)38(29)47-21)27-9-4-10-30(42)36(27)43/h4,9-10,14,17,20,22-23,25-26,31,33,39,46H,2-3,5-8,11-12,15-16,18-19H2,1H3. The monoisotopic (exact) mass is 750 g/mol. The molecule has 2 bridgehead atoms. The molecule has 53 heavy (non-hydrogen) atoms. The third-order valence-corrected chi connectivity index (χ3v) is 13.8. The van der Waals surface area contributed by atoms with E-state index in [-0.39, 0.29) is 46.9 Å². The molecule has 3 saturated carbocycles. The number of hydrogen-bond donors (Lipinski definition) is 1. The van der Waals surface area contributed by atoms with Crippen LogP contribution in [0.4, 0.5) is 4.39 Å². The molecule has 6 heterocycles. The van der Waals surface area contributed by atoms with E-state index in [1.165, 1.54) is 12.8 Å². The predicted molar refractivity (Wildman–Crippen MR) is 202 cm³/mol. The summed E-state index contributed by atoms with van der Waals surface area (Å²) < 4.78 is 21.7. The van der Waals surface area contributed by atoms with Crippen LogP contribution in [-0.4, -0.2) is 54.5 Å².